The van der Waals surface area contributed by atoms with Gasteiger partial charge in [0.05, 0.1) is 6.61 Å². The Bertz CT molecular complexity index is 540. The Morgan fingerprint density at radius 2 is 1.75 bits per heavy atom. The third-order valence-electron chi connectivity index (χ3n) is 2.69. The number of ether oxygens (including phenoxy) is 1. The van der Waals surface area contributed by atoms with Crippen molar-refractivity contribution in [3.8, 4) is 5.75 Å². The molecule has 1 N–H and O–H groups in total. The Kier molecular flexibility index (Phi) is 5.62. The van der Waals surface area contributed by atoms with Crippen LogP contribution in [0.2, 0.25) is 0 Å². The van der Waals surface area contributed by atoms with E-state index in [0.29, 0.717) is 19.4 Å². The summed E-state index contributed by atoms with van der Waals surface area (Å²) < 4.78 is 6.58. The summed E-state index contributed by atoms with van der Waals surface area (Å²) in [5.41, 5.74) is 0.825. The monoisotopic (exact) mass is 333 g/mol. The predicted octanol–water partition coefficient (Wildman–Crippen LogP) is 4.25. The number of benzene rings is 2. The van der Waals surface area contributed by atoms with Crippen molar-refractivity contribution in [1.29, 1.82) is 0 Å². The highest BCUT2D eigenvalue weighted by molar-refractivity contribution is 9.10. The lowest BCUT2D eigenvalue weighted by atomic mass is 10.2. The van der Waals surface area contributed by atoms with E-state index in [2.05, 4.69) is 21.2 Å². The van der Waals surface area contributed by atoms with Gasteiger partial charge >= 0.3 is 0 Å². The lowest BCUT2D eigenvalue weighted by Gasteiger charge is -2.07. The molecular weight excluding hydrogens is 318 g/mol. The number of rotatable bonds is 6. The van der Waals surface area contributed by atoms with Crippen LogP contribution in [0, 0.1) is 0 Å². The van der Waals surface area contributed by atoms with E-state index in [4.69, 9.17) is 4.74 Å². The normalized spacial score (nSPS) is 10.1. The third kappa shape index (κ3) is 5.05. The fraction of sp³-hybridized carbons (Fsp3) is 0.188. The van der Waals surface area contributed by atoms with E-state index in [-0.39, 0.29) is 5.91 Å². The standard InChI is InChI=1S/C16H16BrNO2/c17-13-8-10-15(11-9-13)20-12-4-7-16(19)18-14-5-2-1-3-6-14/h1-3,5-6,8-11H,4,7,12H2,(H,18,19). The number of carbonyl (C=O) groups is 1. The molecule has 0 unspecified atom stereocenters. The van der Waals surface area contributed by atoms with Crippen LogP contribution in [0.25, 0.3) is 0 Å². The number of anilines is 1. The number of amides is 1. The molecular formula is C16H16BrNO2. The zero-order chi connectivity index (χ0) is 14.2. The van der Waals surface area contributed by atoms with Gasteiger partial charge in [0.25, 0.3) is 0 Å². The molecule has 0 aromatic heterocycles. The number of halogens is 1. The van der Waals surface area contributed by atoms with Crippen LogP contribution in [0.4, 0.5) is 5.69 Å². The van der Waals surface area contributed by atoms with Crippen molar-refractivity contribution in [3.05, 3.63) is 59.1 Å². The molecule has 2 aromatic rings. The van der Waals surface area contributed by atoms with Gasteiger partial charge in [-0.3, -0.25) is 4.79 Å². The van der Waals surface area contributed by atoms with Crippen molar-refractivity contribution < 1.29 is 9.53 Å². The number of carbonyl (C=O) groups excluding carboxylic acids is 1. The zero-order valence-electron chi connectivity index (χ0n) is 11.0. The quantitative estimate of drug-likeness (QED) is 0.802. The van der Waals surface area contributed by atoms with Gasteiger partial charge in [-0.1, -0.05) is 34.1 Å². The molecule has 2 aromatic carbocycles. The summed E-state index contributed by atoms with van der Waals surface area (Å²) in [5.74, 6) is 0.826. The van der Waals surface area contributed by atoms with Gasteiger partial charge in [-0.15, -0.1) is 0 Å². The summed E-state index contributed by atoms with van der Waals surface area (Å²) in [5, 5.41) is 2.85. The van der Waals surface area contributed by atoms with Crippen LogP contribution in [-0.2, 0) is 4.79 Å². The van der Waals surface area contributed by atoms with E-state index in [0.717, 1.165) is 15.9 Å². The van der Waals surface area contributed by atoms with Gasteiger partial charge in [0.1, 0.15) is 5.75 Å². The molecule has 0 saturated carbocycles. The molecule has 0 aliphatic carbocycles. The van der Waals surface area contributed by atoms with Gasteiger partial charge in [-0.05, 0) is 42.8 Å². The number of hydrogen-bond acceptors (Lipinski definition) is 2. The van der Waals surface area contributed by atoms with E-state index < -0.39 is 0 Å². The van der Waals surface area contributed by atoms with Crippen molar-refractivity contribution in [1.82, 2.24) is 0 Å². The Morgan fingerprint density at radius 1 is 1.05 bits per heavy atom. The average Bonchev–Trinajstić information content (AvgIpc) is 2.46. The molecule has 0 bridgehead atoms. The fourth-order valence-electron chi connectivity index (χ4n) is 1.70. The molecule has 104 valence electrons. The zero-order valence-corrected chi connectivity index (χ0v) is 12.6. The number of nitrogens with one attached hydrogen (secondary N) is 1. The maximum absolute atomic E-state index is 11.7. The molecule has 0 radical (unpaired) electrons. The molecule has 1 amide bonds. The van der Waals surface area contributed by atoms with Crippen LogP contribution in [0.3, 0.4) is 0 Å². The molecule has 0 saturated heterocycles. The van der Waals surface area contributed by atoms with Crippen LogP contribution < -0.4 is 10.1 Å². The molecule has 0 spiro atoms. The fourth-order valence-corrected chi connectivity index (χ4v) is 1.96. The summed E-state index contributed by atoms with van der Waals surface area (Å²) in [7, 11) is 0. The average molecular weight is 334 g/mol. The molecule has 0 aliphatic heterocycles. The summed E-state index contributed by atoms with van der Waals surface area (Å²) in [6, 6.07) is 17.1. The van der Waals surface area contributed by atoms with Crippen LogP contribution >= 0.6 is 15.9 Å². The van der Waals surface area contributed by atoms with Gasteiger partial charge in [0.15, 0.2) is 0 Å². The molecule has 0 heterocycles. The molecule has 20 heavy (non-hydrogen) atoms. The summed E-state index contributed by atoms with van der Waals surface area (Å²) in [4.78, 5) is 11.7. The molecule has 0 aliphatic rings. The summed E-state index contributed by atoms with van der Waals surface area (Å²) in [6.07, 6.45) is 1.14. The van der Waals surface area contributed by atoms with Gasteiger partial charge in [0.2, 0.25) is 5.91 Å². The first kappa shape index (κ1) is 14.6. The lowest BCUT2D eigenvalue weighted by molar-refractivity contribution is -0.116. The first-order valence-electron chi connectivity index (χ1n) is 6.47. The van der Waals surface area contributed by atoms with Crippen molar-refractivity contribution in [3.63, 3.8) is 0 Å². The minimum Gasteiger partial charge on any atom is -0.494 e. The molecule has 4 heteroatoms. The van der Waals surface area contributed by atoms with Gasteiger partial charge in [-0.25, -0.2) is 0 Å². The van der Waals surface area contributed by atoms with Crippen molar-refractivity contribution >= 4 is 27.5 Å². The highest BCUT2D eigenvalue weighted by Gasteiger charge is 2.02. The van der Waals surface area contributed by atoms with Gasteiger partial charge < -0.3 is 10.1 Å². The topological polar surface area (TPSA) is 38.3 Å². The number of para-hydroxylation sites is 1. The van der Waals surface area contributed by atoms with Crippen LogP contribution in [0.15, 0.2) is 59.1 Å². The first-order chi connectivity index (χ1) is 9.74. The SMILES string of the molecule is O=C(CCCOc1ccc(Br)cc1)Nc1ccccc1. The minimum absolute atomic E-state index is 0.00982. The van der Waals surface area contributed by atoms with E-state index >= 15 is 0 Å². The van der Waals surface area contributed by atoms with Crippen molar-refractivity contribution in [2.45, 2.75) is 12.8 Å². The Morgan fingerprint density at radius 3 is 2.45 bits per heavy atom. The smallest absolute Gasteiger partial charge is 0.224 e. The molecule has 2 rings (SSSR count). The van der Waals surface area contributed by atoms with Crippen molar-refractivity contribution in [2.24, 2.45) is 0 Å². The minimum atomic E-state index is 0.00982. The Hall–Kier alpha value is -1.81. The maximum Gasteiger partial charge on any atom is 0.224 e. The van der Waals surface area contributed by atoms with Crippen LogP contribution in [0.5, 0.6) is 5.75 Å². The highest BCUT2D eigenvalue weighted by Crippen LogP contribution is 2.16. The van der Waals surface area contributed by atoms with Crippen LogP contribution in [0.1, 0.15) is 12.8 Å². The maximum atomic E-state index is 11.7. The van der Waals surface area contributed by atoms with E-state index in [1.165, 1.54) is 0 Å². The Labute approximate surface area is 127 Å². The first-order valence-corrected chi connectivity index (χ1v) is 7.26. The second-order valence-corrected chi connectivity index (χ2v) is 5.24. The molecule has 3 nitrogen and oxygen atoms in total. The van der Waals surface area contributed by atoms with E-state index in [1.807, 2.05) is 54.6 Å². The lowest BCUT2D eigenvalue weighted by Crippen LogP contribution is -2.12. The third-order valence-corrected chi connectivity index (χ3v) is 3.22. The van der Waals surface area contributed by atoms with Crippen molar-refractivity contribution in [2.75, 3.05) is 11.9 Å². The van der Waals surface area contributed by atoms with E-state index in [1.54, 1.807) is 0 Å². The summed E-state index contributed by atoms with van der Waals surface area (Å²) >= 11 is 3.37. The van der Waals surface area contributed by atoms with Crippen LogP contribution in [-0.4, -0.2) is 12.5 Å². The second-order valence-electron chi connectivity index (χ2n) is 4.32. The largest absolute Gasteiger partial charge is 0.494 e. The second kappa shape index (κ2) is 7.70. The highest BCUT2D eigenvalue weighted by atomic mass is 79.9. The molecule has 0 fully saturated rings. The number of hydrogen-bond donors (Lipinski definition) is 1. The van der Waals surface area contributed by atoms with Gasteiger partial charge in [-0.2, -0.15) is 0 Å². The summed E-state index contributed by atoms with van der Waals surface area (Å²) in [6.45, 7) is 0.532. The predicted molar refractivity (Wildman–Crippen MR) is 83.9 cm³/mol. The Balaban J connectivity index is 1.66. The van der Waals surface area contributed by atoms with E-state index in [9.17, 15) is 4.79 Å². The molecule has 0 atom stereocenters. The van der Waals surface area contributed by atoms with Gasteiger partial charge in [0, 0.05) is 16.6 Å².